The first-order chi connectivity index (χ1) is 23.8. The third-order valence-electron chi connectivity index (χ3n) is 8.96. The average molecular weight is 663 g/mol. The highest BCUT2D eigenvalue weighted by Gasteiger charge is 2.21. The number of hydrogen-bond acceptors (Lipinski definition) is 7. The van der Waals surface area contributed by atoms with Crippen LogP contribution in [-0.4, -0.2) is 42.9 Å². The smallest absolute Gasteiger partial charge is 0.261 e. The highest BCUT2D eigenvalue weighted by molar-refractivity contribution is 6.04. The van der Waals surface area contributed by atoms with Crippen LogP contribution in [-0.2, 0) is 17.7 Å². The number of nitrogens with zero attached hydrogens (tertiary/aromatic N) is 2. The minimum atomic E-state index is -0.624. The van der Waals surface area contributed by atoms with Gasteiger partial charge in [0, 0.05) is 66.3 Å². The Labute approximate surface area is 284 Å². The molecule has 0 unspecified atom stereocenters. The molecule has 5 aromatic rings. The zero-order valence-electron chi connectivity index (χ0n) is 27.8. The normalized spacial score (nSPS) is 13.2. The number of benzene rings is 3. The second kappa shape index (κ2) is 14.7. The Kier molecular flexibility index (Phi) is 10.1. The van der Waals surface area contributed by atoms with E-state index in [4.69, 9.17) is 19.9 Å². The molecule has 9 nitrogen and oxygen atoms in total. The first-order valence-electron chi connectivity index (χ1n) is 16.3. The van der Waals surface area contributed by atoms with Crippen LogP contribution in [0.5, 0.6) is 11.5 Å². The fraction of sp³-hybridized carbons (Fsp3) is 0.256. The van der Waals surface area contributed by atoms with Crippen molar-refractivity contribution in [2.75, 3.05) is 38.5 Å². The van der Waals surface area contributed by atoms with Crippen LogP contribution in [0, 0.1) is 11.7 Å². The van der Waals surface area contributed by atoms with Crippen LogP contribution < -0.4 is 26.0 Å². The number of carbonyl (C=O) groups excluding carboxylic acids is 1. The number of nitrogens with one attached hydrogen (secondary N) is 1. The molecule has 252 valence electrons. The molecule has 0 saturated carbocycles. The monoisotopic (exact) mass is 662 g/mol. The second-order valence-electron chi connectivity index (χ2n) is 12.1. The standard InChI is InChI=1S/C39H39FN4O5/c1-4-24-5-7-26(8-6-24)32-22-44(21-25-13-15-49-16-14-25)23-33(37(32)45)39(46)43-29-10-11-30(34(40)19-29)31-17-28(20-42-38(31)41)27-9-12-35(47-2)36(18-27)48-3/h5-12,17-20,22-23,25H,4,13-16,21H2,1-3H3,(H2,41,42)(H,43,46). The van der Waals surface area contributed by atoms with Crippen LogP contribution in [0.3, 0.4) is 0 Å². The van der Waals surface area contributed by atoms with Gasteiger partial charge in [-0.3, -0.25) is 9.59 Å². The molecule has 1 aliphatic rings. The van der Waals surface area contributed by atoms with E-state index in [0.717, 1.165) is 36.0 Å². The quantitative estimate of drug-likeness (QED) is 0.162. The lowest BCUT2D eigenvalue weighted by molar-refractivity contribution is 0.0612. The average Bonchev–Trinajstić information content (AvgIpc) is 3.13. The van der Waals surface area contributed by atoms with Crippen LogP contribution in [0.15, 0.2) is 90.1 Å². The van der Waals surface area contributed by atoms with E-state index in [2.05, 4.69) is 17.2 Å². The number of aromatic nitrogens is 2. The van der Waals surface area contributed by atoms with Gasteiger partial charge in [-0.05, 0) is 78.3 Å². The molecule has 6 rings (SSSR count). The van der Waals surface area contributed by atoms with Crippen molar-refractivity contribution in [2.24, 2.45) is 5.92 Å². The highest BCUT2D eigenvalue weighted by atomic mass is 19.1. The van der Waals surface area contributed by atoms with Crippen molar-refractivity contribution in [1.29, 1.82) is 0 Å². The van der Waals surface area contributed by atoms with Gasteiger partial charge in [-0.2, -0.15) is 0 Å². The molecule has 0 spiro atoms. The van der Waals surface area contributed by atoms with Crippen LogP contribution in [0.1, 0.15) is 35.7 Å². The number of aryl methyl sites for hydroxylation is 1. The Morgan fingerprint density at radius 3 is 2.35 bits per heavy atom. The molecule has 3 aromatic carbocycles. The van der Waals surface area contributed by atoms with Gasteiger partial charge in [0.05, 0.1) is 14.2 Å². The molecule has 1 amide bonds. The first kappa shape index (κ1) is 33.4. The first-order valence-corrected chi connectivity index (χ1v) is 16.3. The summed E-state index contributed by atoms with van der Waals surface area (Å²) in [6, 6.07) is 19.3. The van der Waals surface area contributed by atoms with Crippen LogP contribution in [0.25, 0.3) is 33.4 Å². The number of nitrogen functional groups attached to an aromatic ring is 1. The van der Waals surface area contributed by atoms with Gasteiger partial charge in [0.15, 0.2) is 11.5 Å². The van der Waals surface area contributed by atoms with E-state index in [1.165, 1.54) is 12.1 Å². The van der Waals surface area contributed by atoms with Crippen molar-refractivity contribution >= 4 is 17.4 Å². The number of methoxy groups -OCH3 is 2. The predicted octanol–water partition coefficient (Wildman–Crippen LogP) is 7.22. The molecule has 49 heavy (non-hydrogen) atoms. The summed E-state index contributed by atoms with van der Waals surface area (Å²) in [5.74, 6) is 0.387. The second-order valence-corrected chi connectivity index (χ2v) is 12.1. The lowest BCUT2D eigenvalue weighted by atomic mass is 9.99. The highest BCUT2D eigenvalue weighted by Crippen LogP contribution is 2.36. The molecule has 0 atom stereocenters. The molecule has 0 bridgehead atoms. The van der Waals surface area contributed by atoms with Gasteiger partial charge in [-0.25, -0.2) is 9.37 Å². The van der Waals surface area contributed by atoms with Gasteiger partial charge in [-0.15, -0.1) is 0 Å². The lowest BCUT2D eigenvalue weighted by Crippen LogP contribution is -2.26. The SMILES string of the molecule is CCc1ccc(-c2cn(CC3CCOCC3)cc(C(=O)Nc3ccc(-c4cc(-c5ccc(OC)c(OC)c5)cnc4N)c(F)c3)c2=O)cc1. The van der Waals surface area contributed by atoms with Crippen LogP contribution >= 0.6 is 0 Å². The van der Waals surface area contributed by atoms with Crippen LogP contribution in [0.4, 0.5) is 15.9 Å². The Hall–Kier alpha value is -5.48. The molecule has 10 heteroatoms. The van der Waals surface area contributed by atoms with E-state index in [-0.39, 0.29) is 22.6 Å². The summed E-state index contributed by atoms with van der Waals surface area (Å²) in [4.78, 5) is 31.7. The summed E-state index contributed by atoms with van der Waals surface area (Å²) in [6.07, 6.45) is 7.69. The molecule has 0 aliphatic carbocycles. The molecule has 2 aromatic heterocycles. The van der Waals surface area contributed by atoms with Gasteiger partial charge in [-0.1, -0.05) is 37.3 Å². The molecular weight excluding hydrogens is 623 g/mol. The Bertz CT molecular complexity index is 2040. The van der Waals surface area contributed by atoms with Gasteiger partial charge >= 0.3 is 0 Å². The van der Waals surface area contributed by atoms with Crippen molar-refractivity contribution in [3.05, 3.63) is 112 Å². The summed E-state index contributed by atoms with van der Waals surface area (Å²) in [5.41, 5.74) is 10.4. The number of halogens is 1. The zero-order chi connectivity index (χ0) is 34.5. The van der Waals surface area contributed by atoms with Gasteiger partial charge in [0.25, 0.3) is 5.91 Å². The van der Waals surface area contributed by atoms with Gasteiger partial charge in [0.2, 0.25) is 5.43 Å². The molecule has 1 fully saturated rings. The predicted molar refractivity (Wildman–Crippen MR) is 190 cm³/mol. The Balaban J connectivity index is 1.29. The zero-order valence-corrected chi connectivity index (χ0v) is 27.8. The van der Waals surface area contributed by atoms with E-state index in [9.17, 15) is 9.59 Å². The van der Waals surface area contributed by atoms with Gasteiger partial charge in [0.1, 0.15) is 17.2 Å². The van der Waals surface area contributed by atoms with E-state index in [0.29, 0.717) is 53.9 Å². The van der Waals surface area contributed by atoms with Crippen molar-refractivity contribution in [1.82, 2.24) is 9.55 Å². The van der Waals surface area contributed by atoms with E-state index in [1.807, 2.05) is 41.1 Å². The fourth-order valence-electron chi connectivity index (χ4n) is 6.13. The maximum atomic E-state index is 15.7. The topological polar surface area (TPSA) is 118 Å². The Morgan fingerprint density at radius 2 is 1.65 bits per heavy atom. The lowest BCUT2D eigenvalue weighted by Gasteiger charge is -2.23. The van der Waals surface area contributed by atoms with Crippen molar-refractivity contribution in [3.63, 3.8) is 0 Å². The van der Waals surface area contributed by atoms with Crippen molar-refractivity contribution in [3.8, 4) is 44.9 Å². The number of ether oxygens (including phenoxy) is 3. The number of amides is 1. The third kappa shape index (κ3) is 7.34. The maximum Gasteiger partial charge on any atom is 0.261 e. The summed E-state index contributed by atoms with van der Waals surface area (Å²) in [7, 11) is 3.11. The number of anilines is 2. The number of carbonyl (C=O) groups is 1. The minimum Gasteiger partial charge on any atom is -0.493 e. The van der Waals surface area contributed by atoms with E-state index >= 15 is 4.39 Å². The summed E-state index contributed by atoms with van der Waals surface area (Å²) >= 11 is 0. The fourth-order valence-corrected chi connectivity index (χ4v) is 6.13. The molecule has 3 N–H and O–H groups in total. The maximum absolute atomic E-state index is 15.7. The number of pyridine rings is 2. The minimum absolute atomic E-state index is 0.0234. The Morgan fingerprint density at radius 1 is 0.918 bits per heavy atom. The van der Waals surface area contributed by atoms with E-state index < -0.39 is 17.2 Å². The third-order valence-corrected chi connectivity index (χ3v) is 8.96. The van der Waals surface area contributed by atoms with Crippen molar-refractivity contribution in [2.45, 2.75) is 32.7 Å². The van der Waals surface area contributed by atoms with Gasteiger partial charge < -0.3 is 29.8 Å². The molecule has 3 heterocycles. The van der Waals surface area contributed by atoms with Crippen molar-refractivity contribution < 1.29 is 23.4 Å². The molecule has 0 radical (unpaired) electrons. The summed E-state index contributed by atoms with van der Waals surface area (Å²) < 4.78 is 33.9. The number of rotatable bonds is 10. The molecule has 1 saturated heterocycles. The molecular formula is C39H39FN4O5. The number of nitrogens with two attached hydrogens (primary N) is 1. The molecule has 1 aliphatic heterocycles. The summed E-state index contributed by atoms with van der Waals surface area (Å²) in [5, 5.41) is 2.74. The summed E-state index contributed by atoms with van der Waals surface area (Å²) in [6.45, 7) is 4.09. The number of hydrogen-bond donors (Lipinski definition) is 2. The van der Waals surface area contributed by atoms with Crippen LogP contribution in [0.2, 0.25) is 0 Å². The van der Waals surface area contributed by atoms with E-state index in [1.54, 1.807) is 50.9 Å². The largest absolute Gasteiger partial charge is 0.493 e.